The van der Waals surface area contributed by atoms with E-state index in [1.807, 2.05) is 0 Å². The number of aromatic carboxylic acids is 1. The van der Waals surface area contributed by atoms with E-state index in [0.717, 1.165) is 0 Å². The number of hydrogen-bond acceptors (Lipinski definition) is 3. The Morgan fingerprint density at radius 2 is 1.80 bits per heavy atom. The van der Waals surface area contributed by atoms with Gasteiger partial charge in [0.25, 0.3) is 8.32 Å². The monoisotopic (exact) mass is 360 g/mol. The van der Waals surface area contributed by atoms with Crippen LogP contribution in [0.1, 0.15) is 31.1 Å². The van der Waals surface area contributed by atoms with Gasteiger partial charge in [0.1, 0.15) is 17.1 Å². The average molecular weight is 361 g/mol. The molecule has 0 fully saturated rings. The van der Waals surface area contributed by atoms with E-state index >= 15 is 0 Å². The third-order valence-electron chi connectivity index (χ3n) is 3.66. The molecule has 112 valence electrons. The molecule has 0 heterocycles. The van der Waals surface area contributed by atoms with E-state index in [2.05, 4.69) is 49.8 Å². The van der Waals surface area contributed by atoms with Gasteiger partial charge >= 0.3 is 5.97 Å². The Balaban J connectivity index is 3.33. The smallest absolute Gasteiger partial charge is 0.339 e. The van der Waals surface area contributed by atoms with Crippen molar-refractivity contribution < 1.29 is 19.1 Å². The van der Waals surface area contributed by atoms with E-state index in [1.54, 1.807) is 6.07 Å². The van der Waals surface area contributed by atoms with Crippen LogP contribution in [0.4, 0.5) is 0 Å². The Hall–Kier alpha value is -1.01. The molecule has 1 rings (SSSR count). The zero-order valence-corrected chi connectivity index (χ0v) is 15.3. The highest BCUT2D eigenvalue weighted by Gasteiger charge is 2.39. The van der Waals surface area contributed by atoms with Crippen molar-refractivity contribution in [2.75, 3.05) is 7.11 Å². The molecule has 0 amide bonds. The Morgan fingerprint density at radius 1 is 1.25 bits per heavy atom. The fourth-order valence-electron chi connectivity index (χ4n) is 1.37. The van der Waals surface area contributed by atoms with Gasteiger partial charge < -0.3 is 14.3 Å². The van der Waals surface area contributed by atoms with E-state index < -0.39 is 14.3 Å². The molecule has 1 aromatic carbocycles. The van der Waals surface area contributed by atoms with Crippen LogP contribution in [0.15, 0.2) is 16.6 Å². The molecule has 0 aromatic heterocycles. The average Bonchev–Trinajstić information content (AvgIpc) is 2.28. The summed E-state index contributed by atoms with van der Waals surface area (Å²) < 4.78 is 11.9. The van der Waals surface area contributed by atoms with E-state index in [-0.39, 0.29) is 10.6 Å². The molecule has 4 nitrogen and oxygen atoms in total. The predicted molar refractivity (Wildman–Crippen MR) is 85.5 cm³/mol. The van der Waals surface area contributed by atoms with Gasteiger partial charge in [0.05, 0.1) is 11.6 Å². The first-order chi connectivity index (χ1) is 8.99. The highest BCUT2D eigenvalue weighted by Crippen LogP contribution is 2.40. The molecular weight excluding hydrogens is 340 g/mol. The molecule has 0 aliphatic heterocycles. The summed E-state index contributed by atoms with van der Waals surface area (Å²) in [6.07, 6.45) is 0. The summed E-state index contributed by atoms with van der Waals surface area (Å²) in [5, 5.41) is 9.32. The van der Waals surface area contributed by atoms with Gasteiger partial charge in [-0.1, -0.05) is 20.8 Å². The van der Waals surface area contributed by atoms with Crippen LogP contribution in [0.2, 0.25) is 18.1 Å². The first-order valence-corrected chi connectivity index (χ1v) is 9.99. The minimum Gasteiger partial charge on any atom is -0.543 e. The highest BCUT2D eigenvalue weighted by atomic mass is 79.9. The number of carbonyl (C=O) groups is 1. The second kappa shape index (κ2) is 5.77. The van der Waals surface area contributed by atoms with Crippen LogP contribution in [-0.2, 0) is 0 Å². The quantitative estimate of drug-likeness (QED) is 0.800. The normalized spacial score (nSPS) is 12.2. The lowest BCUT2D eigenvalue weighted by Gasteiger charge is -2.36. The molecule has 0 atom stereocenters. The lowest BCUT2D eigenvalue weighted by atomic mass is 10.2. The fraction of sp³-hybridized carbons (Fsp3) is 0.500. The molecule has 0 saturated carbocycles. The molecule has 0 aliphatic carbocycles. The van der Waals surface area contributed by atoms with E-state index in [9.17, 15) is 9.90 Å². The summed E-state index contributed by atoms with van der Waals surface area (Å²) in [5.74, 6) is -0.0880. The maximum Gasteiger partial charge on any atom is 0.339 e. The van der Waals surface area contributed by atoms with E-state index in [0.29, 0.717) is 16.0 Å². The highest BCUT2D eigenvalue weighted by molar-refractivity contribution is 9.10. The summed E-state index contributed by atoms with van der Waals surface area (Å²) in [6.45, 7) is 10.5. The maximum absolute atomic E-state index is 11.4. The molecule has 6 heteroatoms. The summed E-state index contributed by atoms with van der Waals surface area (Å²) in [6, 6.07) is 3.15. The van der Waals surface area contributed by atoms with Gasteiger partial charge in [0, 0.05) is 6.07 Å². The molecule has 0 bridgehead atoms. The number of carboxylic acids is 1. The number of hydrogen-bond donors (Lipinski definition) is 1. The van der Waals surface area contributed by atoms with E-state index in [4.69, 9.17) is 9.16 Å². The lowest BCUT2D eigenvalue weighted by molar-refractivity contribution is 0.0694. The maximum atomic E-state index is 11.4. The van der Waals surface area contributed by atoms with Crippen molar-refractivity contribution >= 4 is 30.2 Å². The molecule has 0 spiro atoms. The number of carboxylic acid groups (broad SMARTS) is 1. The first-order valence-electron chi connectivity index (χ1n) is 6.29. The zero-order valence-electron chi connectivity index (χ0n) is 12.7. The summed E-state index contributed by atoms with van der Waals surface area (Å²) >= 11 is 3.30. The summed E-state index contributed by atoms with van der Waals surface area (Å²) in [5.41, 5.74) is 0.141. The van der Waals surface area contributed by atoms with Crippen molar-refractivity contribution in [3.63, 3.8) is 0 Å². The van der Waals surface area contributed by atoms with Crippen molar-refractivity contribution in [2.45, 2.75) is 38.9 Å². The van der Waals surface area contributed by atoms with Crippen LogP contribution in [0, 0.1) is 0 Å². The fourth-order valence-corrected chi connectivity index (χ4v) is 2.90. The van der Waals surface area contributed by atoms with Crippen LogP contribution in [-0.4, -0.2) is 26.5 Å². The Morgan fingerprint density at radius 3 is 2.20 bits per heavy atom. The summed E-state index contributed by atoms with van der Waals surface area (Å²) in [7, 11) is -0.572. The standard InChI is InChI=1S/C14H21BrO4Si/c1-14(2,3)20(5,6)19-11-8-12(18-4)10(15)7-9(11)13(16)17/h7-8H,1-6H3,(H,16,17). The van der Waals surface area contributed by atoms with Gasteiger partial charge in [0.15, 0.2) is 0 Å². The van der Waals surface area contributed by atoms with E-state index in [1.165, 1.54) is 13.2 Å². The molecule has 1 N–H and O–H groups in total. The predicted octanol–water partition coefficient (Wildman–Crippen LogP) is 4.54. The van der Waals surface area contributed by atoms with Crippen molar-refractivity contribution in [1.82, 2.24) is 0 Å². The van der Waals surface area contributed by atoms with Gasteiger partial charge in [-0.2, -0.15) is 0 Å². The number of ether oxygens (including phenoxy) is 1. The first kappa shape index (κ1) is 17.0. The molecule has 1 aromatic rings. The van der Waals surface area contributed by atoms with Crippen LogP contribution in [0.5, 0.6) is 11.5 Å². The second-order valence-corrected chi connectivity index (χ2v) is 11.7. The Kier molecular flexibility index (Phi) is 4.92. The van der Waals surface area contributed by atoms with Crippen molar-refractivity contribution in [3.05, 3.63) is 22.2 Å². The molecule has 20 heavy (non-hydrogen) atoms. The van der Waals surface area contributed by atoms with Crippen molar-refractivity contribution in [3.8, 4) is 11.5 Å². The number of halogens is 1. The zero-order chi connectivity index (χ0) is 15.7. The van der Waals surface area contributed by atoms with Gasteiger partial charge in [-0.3, -0.25) is 0 Å². The minimum atomic E-state index is -2.11. The summed E-state index contributed by atoms with van der Waals surface area (Å²) in [4.78, 5) is 11.4. The number of rotatable bonds is 4. The topological polar surface area (TPSA) is 55.8 Å². The number of methoxy groups -OCH3 is 1. The van der Waals surface area contributed by atoms with Crippen molar-refractivity contribution in [1.29, 1.82) is 0 Å². The van der Waals surface area contributed by atoms with Gasteiger partial charge in [-0.05, 0) is 40.1 Å². The molecule has 0 saturated heterocycles. The molecule has 0 unspecified atom stereocenters. The Labute approximate surface area is 129 Å². The van der Waals surface area contributed by atoms with Crippen LogP contribution < -0.4 is 9.16 Å². The minimum absolute atomic E-state index is 0.0108. The second-order valence-electron chi connectivity index (χ2n) is 6.15. The van der Waals surface area contributed by atoms with Crippen LogP contribution in [0.3, 0.4) is 0 Å². The SMILES string of the molecule is COc1cc(O[Si](C)(C)C(C)(C)C)c(C(=O)O)cc1Br. The molecule has 0 radical (unpaired) electrons. The largest absolute Gasteiger partial charge is 0.543 e. The molecular formula is C14H21BrO4Si. The Bertz CT molecular complexity index is 521. The van der Waals surface area contributed by atoms with Crippen LogP contribution >= 0.6 is 15.9 Å². The lowest BCUT2D eigenvalue weighted by Crippen LogP contribution is -2.44. The van der Waals surface area contributed by atoms with Gasteiger partial charge in [-0.15, -0.1) is 0 Å². The van der Waals surface area contributed by atoms with Crippen LogP contribution in [0.25, 0.3) is 0 Å². The van der Waals surface area contributed by atoms with Gasteiger partial charge in [-0.25, -0.2) is 4.79 Å². The molecule has 0 aliphatic rings. The number of benzene rings is 1. The van der Waals surface area contributed by atoms with Crippen molar-refractivity contribution in [2.24, 2.45) is 0 Å². The van der Waals surface area contributed by atoms with Gasteiger partial charge in [0.2, 0.25) is 0 Å². The third kappa shape index (κ3) is 3.55. The third-order valence-corrected chi connectivity index (χ3v) is 8.62.